The highest BCUT2D eigenvalue weighted by molar-refractivity contribution is 5.82. The second-order valence-electron chi connectivity index (χ2n) is 10.1. The summed E-state index contributed by atoms with van der Waals surface area (Å²) in [6.07, 6.45) is 7.03. The summed E-state index contributed by atoms with van der Waals surface area (Å²) in [5, 5.41) is 0. The highest BCUT2D eigenvalue weighted by Crippen LogP contribution is 2.45. The van der Waals surface area contributed by atoms with E-state index in [1.165, 1.54) is 38.9 Å². The minimum absolute atomic E-state index is 0.0433. The molecule has 0 aliphatic heterocycles. The molecule has 2 aromatic rings. The Morgan fingerprint density at radius 1 is 0.923 bits per heavy atom. The Morgan fingerprint density at radius 2 is 1.58 bits per heavy atom. The molecule has 1 aliphatic rings. The molecule has 0 unspecified atom stereocenters. The lowest BCUT2D eigenvalue weighted by Crippen LogP contribution is -2.18. The van der Waals surface area contributed by atoms with Crippen LogP contribution in [0.2, 0.25) is 0 Å². The minimum Gasteiger partial charge on any atom is -0.115 e. The van der Waals surface area contributed by atoms with E-state index in [9.17, 15) is 0 Å². The molecule has 3 rings (SSSR count). The zero-order valence-electron chi connectivity index (χ0n) is 17.7. The Bertz CT molecular complexity index is 903. The molecule has 0 saturated carbocycles. The zero-order valence-corrected chi connectivity index (χ0v) is 17.7. The van der Waals surface area contributed by atoms with E-state index in [0.29, 0.717) is 5.92 Å². The standard InChI is InChI=1S/C26H32/c1-10-19-22-14-17-13-18(25(4,5)6)11-12-20(17)23(22)15-21(16(2)3)24(19)26(7,8)9/h1,11-13,15-16H,14H2,2-9H3. The van der Waals surface area contributed by atoms with Gasteiger partial charge in [0.05, 0.1) is 0 Å². The van der Waals surface area contributed by atoms with Crippen molar-refractivity contribution in [1.29, 1.82) is 0 Å². The van der Waals surface area contributed by atoms with Gasteiger partial charge in [-0.25, -0.2) is 0 Å². The number of terminal acetylenes is 1. The van der Waals surface area contributed by atoms with Crippen LogP contribution >= 0.6 is 0 Å². The maximum absolute atomic E-state index is 6.07. The van der Waals surface area contributed by atoms with Gasteiger partial charge in [-0.05, 0) is 62.1 Å². The van der Waals surface area contributed by atoms with Crippen molar-refractivity contribution >= 4 is 0 Å². The van der Waals surface area contributed by atoms with Gasteiger partial charge in [0.2, 0.25) is 0 Å². The van der Waals surface area contributed by atoms with Gasteiger partial charge in [0.15, 0.2) is 0 Å². The molecule has 136 valence electrons. The predicted molar refractivity (Wildman–Crippen MR) is 114 cm³/mol. The SMILES string of the molecule is C#Cc1c2c(cc(C(C)C)c1C(C)(C)C)-c1ccc(C(C)(C)C)cc1C2. The van der Waals surface area contributed by atoms with E-state index in [1.807, 2.05) is 0 Å². The van der Waals surface area contributed by atoms with Gasteiger partial charge in [0, 0.05) is 5.56 Å². The van der Waals surface area contributed by atoms with Crippen LogP contribution in [0.25, 0.3) is 11.1 Å². The number of benzene rings is 2. The molecular weight excluding hydrogens is 312 g/mol. The Balaban J connectivity index is 2.30. The summed E-state index contributed by atoms with van der Waals surface area (Å²) in [7, 11) is 0. The monoisotopic (exact) mass is 344 g/mol. The number of hydrogen-bond acceptors (Lipinski definition) is 0. The summed E-state index contributed by atoms with van der Waals surface area (Å²) in [5.41, 5.74) is 11.0. The van der Waals surface area contributed by atoms with E-state index in [1.54, 1.807) is 0 Å². The van der Waals surface area contributed by atoms with Gasteiger partial charge in [-0.3, -0.25) is 0 Å². The first-order chi connectivity index (χ1) is 11.9. The molecular formula is C26H32. The fourth-order valence-corrected chi connectivity index (χ4v) is 4.25. The molecule has 0 aromatic heterocycles. The second kappa shape index (κ2) is 6.02. The van der Waals surface area contributed by atoms with Crippen molar-refractivity contribution in [3.05, 3.63) is 57.6 Å². The fourth-order valence-electron chi connectivity index (χ4n) is 4.25. The summed E-state index contributed by atoms with van der Waals surface area (Å²) in [4.78, 5) is 0. The number of hydrogen-bond donors (Lipinski definition) is 0. The average Bonchev–Trinajstić information content (AvgIpc) is 2.88. The maximum Gasteiger partial charge on any atom is 0.0324 e. The van der Waals surface area contributed by atoms with Crippen LogP contribution in [0.1, 0.15) is 94.7 Å². The summed E-state index contributed by atoms with van der Waals surface area (Å²) in [6, 6.07) is 9.41. The molecule has 0 nitrogen and oxygen atoms in total. The van der Waals surface area contributed by atoms with Crippen LogP contribution in [0.4, 0.5) is 0 Å². The third-order valence-corrected chi connectivity index (χ3v) is 5.61. The average molecular weight is 345 g/mol. The second-order valence-corrected chi connectivity index (χ2v) is 10.1. The van der Waals surface area contributed by atoms with Crippen molar-refractivity contribution in [2.75, 3.05) is 0 Å². The van der Waals surface area contributed by atoms with Crippen LogP contribution in [0, 0.1) is 12.3 Å². The van der Waals surface area contributed by atoms with Gasteiger partial charge in [-0.1, -0.05) is 85.6 Å². The topological polar surface area (TPSA) is 0 Å². The molecule has 0 atom stereocenters. The molecule has 0 amide bonds. The van der Waals surface area contributed by atoms with Crippen molar-refractivity contribution in [3.8, 4) is 23.5 Å². The van der Waals surface area contributed by atoms with E-state index >= 15 is 0 Å². The zero-order chi connectivity index (χ0) is 19.4. The summed E-state index contributed by atoms with van der Waals surface area (Å²) >= 11 is 0. The maximum atomic E-state index is 6.07. The molecule has 0 fully saturated rings. The highest BCUT2D eigenvalue weighted by atomic mass is 14.3. The summed E-state index contributed by atoms with van der Waals surface area (Å²) in [5.74, 6) is 3.54. The number of fused-ring (bicyclic) bond motifs is 3. The smallest absolute Gasteiger partial charge is 0.0324 e. The van der Waals surface area contributed by atoms with E-state index in [2.05, 4.69) is 85.6 Å². The van der Waals surface area contributed by atoms with Crippen LogP contribution in [-0.2, 0) is 17.3 Å². The van der Waals surface area contributed by atoms with Gasteiger partial charge in [0.1, 0.15) is 0 Å². The first-order valence-corrected chi connectivity index (χ1v) is 9.75. The van der Waals surface area contributed by atoms with Gasteiger partial charge in [0.25, 0.3) is 0 Å². The van der Waals surface area contributed by atoms with Crippen LogP contribution in [0.5, 0.6) is 0 Å². The Kier molecular flexibility index (Phi) is 4.35. The first-order valence-electron chi connectivity index (χ1n) is 9.75. The van der Waals surface area contributed by atoms with E-state index < -0.39 is 0 Å². The van der Waals surface area contributed by atoms with E-state index in [0.717, 1.165) is 12.0 Å². The largest absolute Gasteiger partial charge is 0.115 e. The van der Waals surface area contributed by atoms with Crippen molar-refractivity contribution in [2.24, 2.45) is 0 Å². The lowest BCUT2D eigenvalue weighted by molar-refractivity contribution is 0.575. The lowest BCUT2D eigenvalue weighted by Gasteiger charge is -2.28. The quantitative estimate of drug-likeness (QED) is 0.419. The van der Waals surface area contributed by atoms with Gasteiger partial charge in [-0.2, -0.15) is 0 Å². The van der Waals surface area contributed by atoms with Gasteiger partial charge < -0.3 is 0 Å². The fraction of sp³-hybridized carbons (Fsp3) is 0.462. The van der Waals surface area contributed by atoms with Crippen LogP contribution in [-0.4, -0.2) is 0 Å². The van der Waals surface area contributed by atoms with Crippen molar-refractivity contribution in [3.63, 3.8) is 0 Å². The van der Waals surface area contributed by atoms with Crippen LogP contribution in [0.15, 0.2) is 24.3 Å². The van der Waals surface area contributed by atoms with Crippen LogP contribution < -0.4 is 0 Å². The number of rotatable bonds is 1. The molecule has 0 saturated heterocycles. The van der Waals surface area contributed by atoms with Crippen LogP contribution in [0.3, 0.4) is 0 Å². The molecule has 0 heteroatoms. The Hall–Kier alpha value is -2.00. The molecule has 26 heavy (non-hydrogen) atoms. The Morgan fingerprint density at radius 3 is 2.08 bits per heavy atom. The highest BCUT2D eigenvalue weighted by Gasteiger charge is 2.30. The van der Waals surface area contributed by atoms with Gasteiger partial charge >= 0.3 is 0 Å². The first kappa shape index (κ1) is 18.8. The molecule has 0 heterocycles. The third-order valence-electron chi connectivity index (χ3n) is 5.61. The van der Waals surface area contributed by atoms with E-state index in [4.69, 9.17) is 6.42 Å². The molecule has 1 aliphatic carbocycles. The third kappa shape index (κ3) is 2.99. The summed E-state index contributed by atoms with van der Waals surface area (Å²) in [6.45, 7) is 18.2. The molecule has 0 spiro atoms. The predicted octanol–water partition coefficient (Wildman–Crippen LogP) is 6.96. The van der Waals surface area contributed by atoms with Crippen molar-refractivity contribution < 1.29 is 0 Å². The molecule has 0 N–H and O–H groups in total. The molecule has 2 aromatic carbocycles. The molecule has 0 bridgehead atoms. The Labute approximate surface area is 160 Å². The normalized spacial score (nSPS) is 13.5. The molecule has 0 radical (unpaired) electrons. The van der Waals surface area contributed by atoms with Crippen molar-refractivity contribution in [2.45, 2.75) is 78.6 Å². The lowest BCUT2D eigenvalue weighted by atomic mass is 9.75. The van der Waals surface area contributed by atoms with Crippen molar-refractivity contribution in [1.82, 2.24) is 0 Å². The van der Waals surface area contributed by atoms with Gasteiger partial charge in [-0.15, -0.1) is 6.42 Å². The minimum atomic E-state index is 0.0433. The van der Waals surface area contributed by atoms with E-state index in [-0.39, 0.29) is 10.8 Å². The summed E-state index contributed by atoms with van der Waals surface area (Å²) < 4.78 is 0.